The van der Waals surface area contributed by atoms with Crippen molar-refractivity contribution in [2.24, 2.45) is 0 Å². The van der Waals surface area contributed by atoms with Gasteiger partial charge in [0.05, 0.1) is 36.4 Å². The van der Waals surface area contributed by atoms with Crippen molar-refractivity contribution in [2.45, 2.75) is 38.6 Å². The maximum absolute atomic E-state index is 14.6. The number of halogens is 3. The van der Waals surface area contributed by atoms with Crippen LogP contribution in [0, 0.1) is 11.6 Å². The number of fused-ring (bicyclic) bond motifs is 1. The van der Waals surface area contributed by atoms with Gasteiger partial charge in [-0.15, -0.1) is 0 Å². The summed E-state index contributed by atoms with van der Waals surface area (Å²) >= 11 is 5.83. The van der Waals surface area contributed by atoms with Gasteiger partial charge in [0.1, 0.15) is 23.9 Å². The highest BCUT2D eigenvalue weighted by atomic mass is 35.5. The molecule has 226 valence electrons. The number of hydrogen-bond acceptors (Lipinski definition) is 8. The zero-order valence-electron chi connectivity index (χ0n) is 23.4. The van der Waals surface area contributed by atoms with Gasteiger partial charge in [-0.25, -0.2) is 18.6 Å². The van der Waals surface area contributed by atoms with Crippen molar-refractivity contribution in [3.8, 4) is 17.3 Å². The van der Waals surface area contributed by atoms with Crippen LogP contribution in [0.2, 0.25) is 5.02 Å². The van der Waals surface area contributed by atoms with Crippen molar-refractivity contribution in [3.05, 3.63) is 98.9 Å². The van der Waals surface area contributed by atoms with Crippen LogP contribution >= 0.6 is 11.6 Å². The van der Waals surface area contributed by atoms with Crippen LogP contribution in [0.1, 0.15) is 29.8 Å². The first kappa shape index (κ1) is 28.4. The summed E-state index contributed by atoms with van der Waals surface area (Å²) in [5, 5.41) is 4.02. The molecule has 0 saturated carbocycles. The number of pyridine rings is 1. The monoisotopic (exact) mass is 620 g/mol. The van der Waals surface area contributed by atoms with Crippen LogP contribution in [0.4, 0.5) is 8.78 Å². The molecule has 0 bridgehead atoms. The lowest BCUT2D eigenvalue weighted by atomic mass is 9.99. The lowest BCUT2D eigenvalue weighted by Gasteiger charge is -2.29. The second kappa shape index (κ2) is 11.9. The van der Waals surface area contributed by atoms with E-state index in [2.05, 4.69) is 35.2 Å². The van der Waals surface area contributed by atoms with E-state index >= 15 is 0 Å². The second-order valence-corrected chi connectivity index (χ2v) is 11.2. The summed E-state index contributed by atoms with van der Waals surface area (Å²) in [6.45, 7) is 3.35. The van der Waals surface area contributed by atoms with Crippen LogP contribution in [0.15, 0.2) is 64.1 Å². The Kier molecular flexibility index (Phi) is 7.71. The van der Waals surface area contributed by atoms with Crippen molar-refractivity contribution in [1.29, 1.82) is 0 Å². The highest BCUT2D eigenvalue weighted by Gasteiger charge is 2.24. The molecule has 10 nitrogen and oxygen atoms in total. The van der Waals surface area contributed by atoms with E-state index in [0.717, 1.165) is 54.0 Å². The Morgan fingerprint density at radius 1 is 1.14 bits per heavy atom. The van der Waals surface area contributed by atoms with Gasteiger partial charge in [0, 0.05) is 30.3 Å². The van der Waals surface area contributed by atoms with E-state index in [4.69, 9.17) is 26.1 Å². The molecule has 2 aromatic carbocycles. The molecule has 2 aliphatic heterocycles. The molecule has 2 aliphatic rings. The Morgan fingerprint density at radius 2 is 2.02 bits per heavy atom. The van der Waals surface area contributed by atoms with Gasteiger partial charge in [-0.05, 0) is 54.3 Å². The molecule has 0 radical (unpaired) electrons. The van der Waals surface area contributed by atoms with E-state index < -0.39 is 17.4 Å². The molecule has 3 aromatic heterocycles. The summed E-state index contributed by atoms with van der Waals surface area (Å²) in [5.74, 6) is -0.466. The number of ether oxygens (including phenoxy) is 2. The van der Waals surface area contributed by atoms with E-state index in [0.29, 0.717) is 30.9 Å². The van der Waals surface area contributed by atoms with Crippen molar-refractivity contribution in [1.82, 2.24) is 29.6 Å². The van der Waals surface area contributed by atoms with Crippen molar-refractivity contribution < 1.29 is 22.8 Å². The van der Waals surface area contributed by atoms with Crippen LogP contribution in [-0.4, -0.2) is 55.4 Å². The number of nitrogens with zero attached hydrogens (tertiary/aromatic N) is 5. The standard InChI is InChI=1S/C31H27ClF2N6O4/c32-21-3-1-20(24(34)12-21)17-43-28-11-19(2-4-23(28)33)18-5-8-39(9-6-18)16-29-36-25-13-26(30-37-31(41)44-38-30)35-14-27(25)40(29)15-22-7-10-42-22/h1-5,11-14,22H,6-10,15-17H2,(H,37,38,41)/t22-/m0/s1. The third-order valence-electron chi connectivity index (χ3n) is 7.93. The van der Waals surface area contributed by atoms with Crippen LogP contribution in [0.5, 0.6) is 5.75 Å². The van der Waals surface area contributed by atoms with Gasteiger partial charge >= 0.3 is 5.76 Å². The number of H-pyrrole nitrogens is 1. The quantitative estimate of drug-likeness (QED) is 0.234. The first-order valence-electron chi connectivity index (χ1n) is 14.2. The van der Waals surface area contributed by atoms with E-state index in [-0.39, 0.29) is 29.3 Å². The number of benzene rings is 2. The molecule has 13 heteroatoms. The fourth-order valence-electron chi connectivity index (χ4n) is 5.42. The SMILES string of the molecule is O=c1[nH]c(-c2cc3nc(CN4CC=C(c5ccc(F)c(OCc6ccc(Cl)cc6F)c5)CC4)n(C[C@@H]4CCO4)c3cn2)no1. The van der Waals surface area contributed by atoms with Crippen molar-refractivity contribution in [3.63, 3.8) is 0 Å². The lowest BCUT2D eigenvalue weighted by Crippen LogP contribution is -2.33. The maximum Gasteiger partial charge on any atom is 0.439 e. The number of hydrogen-bond donors (Lipinski definition) is 1. The minimum absolute atomic E-state index is 0.0646. The minimum atomic E-state index is -0.648. The van der Waals surface area contributed by atoms with E-state index in [1.165, 1.54) is 18.2 Å². The van der Waals surface area contributed by atoms with Gasteiger partial charge in [0.25, 0.3) is 0 Å². The van der Waals surface area contributed by atoms with E-state index in [1.807, 2.05) is 0 Å². The molecular formula is C31H27ClF2N6O4. The molecule has 1 N–H and O–H groups in total. The molecule has 0 spiro atoms. The van der Waals surface area contributed by atoms with Crippen LogP contribution < -0.4 is 10.5 Å². The molecule has 7 rings (SSSR count). The molecule has 44 heavy (non-hydrogen) atoms. The highest BCUT2D eigenvalue weighted by Crippen LogP contribution is 2.30. The Balaban J connectivity index is 1.07. The topological polar surface area (TPSA) is 111 Å². The number of imidazole rings is 1. The minimum Gasteiger partial charge on any atom is -0.486 e. The van der Waals surface area contributed by atoms with Gasteiger partial charge in [-0.2, -0.15) is 0 Å². The maximum atomic E-state index is 14.6. The Hall–Kier alpha value is -4.39. The van der Waals surface area contributed by atoms with Crippen molar-refractivity contribution >= 4 is 28.2 Å². The summed E-state index contributed by atoms with van der Waals surface area (Å²) in [6.07, 6.45) is 5.71. The smallest absolute Gasteiger partial charge is 0.439 e. The molecule has 1 fully saturated rings. The zero-order chi connectivity index (χ0) is 30.2. The van der Waals surface area contributed by atoms with Gasteiger partial charge in [0.2, 0.25) is 5.82 Å². The Labute approximate surface area is 254 Å². The first-order valence-corrected chi connectivity index (χ1v) is 14.6. The summed E-state index contributed by atoms with van der Waals surface area (Å²) in [7, 11) is 0. The van der Waals surface area contributed by atoms with Gasteiger partial charge in [-0.3, -0.25) is 19.4 Å². The number of aromatic amines is 1. The van der Waals surface area contributed by atoms with E-state index in [9.17, 15) is 13.6 Å². The van der Waals surface area contributed by atoms with Gasteiger partial charge in [0.15, 0.2) is 11.6 Å². The molecule has 0 aliphatic carbocycles. The first-order chi connectivity index (χ1) is 21.4. The molecule has 1 saturated heterocycles. The molecule has 0 amide bonds. The number of aromatic nitrogens is 5. The summed E-state index contributed by atoms with van der Waals surface area (Å²) in [4.78, 5) is 25.6. The fraction of sp³-hybridized carbons (Fsp3) is 0.290. The predicted octanol–water partition coefficient (Wildman–Crippen LogP) is 5.36. The van der Waals surface area contributed by atoms with Crippen LogP contribution in [-0.2, 0) is 24.4 Å². The molecular weight excluding hydrogens is 594 g/mol. The predicted molar refractivity (Wildman–Crippen MR) is 158 cm³/mol. The molecule has 5 heterocycles. The third-order valence-corrected chi connectivity index (χ3v) is 8.17. The zero-order valence-corrected chi connectivity index (χ0v) is 24.2. The molecule has 5 aromatic rings. The summed E-state index contributed by atoms with van der Waals surface area (Å²) in [5.41, 5.74) is 4.30. The Bertz CT molecular complexity index is 1930. The fourth-order valence-corrected chi connectivity index (χ4v) is 5.58. The van der Waals surface area contributed by atoms with Crippen molar-refractivity contribution in [2.75, 3.05) is 19.7 Å². The average Bonchev–Trinajstić information content (AvgIpc) is 3.58. The van der Waals surface area contributed by atoms with Crippen LogP contribution in [0.25, 0.3) is 28.1 Å². The lowest BCUT2D eigenvalue weighted by molar-refractivity contribution is -0.0591. The average molecular weight is 621 g/mol. The van der Waals surface area contributed by atoms with Gasteiger partial charge in [-0.1, -0.05) is 35.0 Å². The summed E-state index contributed by atoms with van der Waals surface area (Å²) < 4.78 is 46.9. The Morgan fingerprint density at radius 3 is 2.75 bits per heavy atom. The third kappa shape index (κ3) is 5.88. The normalized spacial score (nSPS) is 17.1. The summed E-state index contributed by atoms with van der Waals surface area (Å²) in [6, 6.07) is 10.9. The number of nitrogens with one attached hydrogen (secondary N) is 1. The van der Waals surface area contributed by atoms with Crippen LogP contribution in [0.3, 0.4) is 0 Å². The van der Waals surface area contributed by atoms with E-state index in [1.54, 1.807) is 30.5 Å². The number of rotatable bonds is 9. The second-order valence-electron chi connectivity index (χ2n) is 10.8. The largest absolute Gasteiger partial charge is 0.486 e. The molecule has 1 atom stereocenters. The molecule has 0 unspecified atom stereocenters. The van der Waals surface area contributed by atoms with Gasteiger partial charge < -0.3 is 14.0 Å². The highest BCUT2D eigenvalue weighted by molar-refractivity contribution is 6.30.